The lowest BCUT2D eigenvalue weighted by Gasteiger charge is -2.33. The summed E-state index contributed by atoms with van der Waals surface area (Å²) in [5, 5.41) is 3.32. The van der Waals surface area contributed by atoms with E-state index in [1.165, 1.54) is 0 Å². The van der Waals surface area contributed by atoms with Crippen molar-refractivity contribution in [2.75, 3.05) is 11.9 Å². The van der Waals surface area contributed by atoms with Gasteiger partial charge < -0.3 is 10.2 Å². The third kappa shape index (κ3) is 3.91. The first kappa shape index (κ1) is 16.4. The highest BCUT2D eigenvalue weighted by Gasteiger charge is 2.29. The molecule has 1 N–H and O–H groups in total. The normalized spacial score (nSPS) is 17.8. The molecule has 0 aliphatic carbocycles. The minimum absolute atomic E-state index is 0.152. The minimum Gasteiger partial charge on any atom is -0.358 e. The van der Waals surface area contributed by atoms with Gasteiger partial charge in [0.15, 0.2) is 0 Å². The molecule has 5 nitrogen and oxygen atoms in total. The van der Waals surface area contributed by atoms with Crippen LogP contribution in [0.2, 0.25) is 0 Å². The average Bonchev–Trinajstić information content (AvgIpc) is 2.59. The molecule has 0 radical (unpaired) electrons. The molecule has 1 unspecified atom stereocenters. The van der Waals surface area contributed by atoms with Gasteiger partial charge in [0.1, 0.15) is 17.7 Å². The van der Waals surface area contributed by atoms with Crippen LogP contribution in [0.25, 0.3) is 0 Å². The summed E-state index contributed by atoms with van der Waals surface area (Å²) in [5.74, 6) is 1.64. The van der Waals surface area contributed by atoms with Gasteiger partial charge in [0.2, 0.25) is 5.91 Å². The van der Waals surface area contributed by atoms with Crippen molar-refractivity contribution in [2.45, 2.75) is 45.7 Å². The second-order valence-corrected chi connectivity index (χ2v) is 6.23. The lowest BCUT2D eigenvalue weighted by atomic mass is 10.0. The molecule has 1 aliphatic rings. The van der Waals surface area contributed by atoms with Gasteiger partial charge in [-0.05, 0) is 31.7 Å². The molecule has 1 aromatic carbocycles. The van der Waals surface area contributed by atoms with E-state index in [2.05, 4.69) is 34.3 Å². The Labute approximate surface area is 143 Å². The highest BCUT2D eigenvalue weighted by Crippen LogP contribution is 2.19. The number of benzene rings is 1. The van der Waals surface area contributed by atoms with Gasteiger partial charge in [-0.25, -0.2) is 9.97 Å². The first-order valence-electron chi connectivity index (χ1n) is 8.59. The Morgan fingerprint density at radius 3 is 2.79 bits per heavy atom. The zero-order valence-corrected chi connectivity index (χ0v) is 14.3. The Morgan fingerprint density at radius 1 is 1.25 bits per heavy atom. The highest BCUT2D eigenvalue weighted by molar-refractivity contribution is 5.85. The standard InChI is InChI=1S/C19H24N4O/c1-3-16-12-18(21-14(2)20-16)22-17-10-7-11-23(19(17)24)13-15-8-5-4-6-9-15/h4-6,8-9,12,17H,3,7,10-11,13H2,1-2H3,(H,20,21,22). The number of carbonyl (C=O) groups excluding carboxylic acids is 1. The van der Waals surface area contributed by atoms with Crippen molar-refractivity contribution >= 4 is 11.7 Å². The summed E-state index contributed by atoms with van der Waals surface area (Å²) < 4.78 is 0. The van der Waals surface area contributed by atoms with Crippen molar-refractivity contribution in [1.82, 2.24) is 14.9 Å². The van der Waals surface area contributed by atoms with Crippen LogP contribution in [-0.2, 0) is 17.8 Å². The molecule has 0 bridgehead atoms. The van der Waals surface area contributed by atoms with Crippen LogP contribution in [0.1, 0.15) is 36.8 Å². The number of aryl methyl sites for hydroxylation is 2. The summed E-state index contributed by atoms with van der Waals surface area (Å²) in [6.07, 6.45) is 2.70. The van der Waals surface area contributed by atoms with Gasteiger partial charge in [0.25, 0.3) is 0 Å². The number of hydrogen-bond donors (Lipinski definition) is 1. The van der Waals surface area contributed by atoms with Crippen LogP contribution in [0.4, 0.5) is 5.82 Å². The Balaban J connectivity index is 1.70. The molecule has 0 spiro atoms. The number of amides is 1. The van der Waals surface area contributed by atoms with Crippen molar-refractivity contribution < 1.29 is 4.79 Å². The summed E-state index contributed by atoms with van der Waals surface area (Å²) in [6.45, 7) is 5.43. The number of piperidine rings is 1. The van der Waals surface area contributed by atoms with E-state index in [0.29, 0.717) is 6.54 Å². The van der Waals surface area contributed by atoms with Gasteiger partial charge in [0, 0.05) is 24.8 Å². The molecule has 3 rings (SSSR count). The number of anilines is 1. The number of nitrogens with zero attached hydrogens (tertiary/aromatic N) is 3. The average molecular weight is 324 g/mol. The van der Waals surface area contributed by atoms with E-state index in [1.807, 2.05) is 36.1 Å². The summed E-state index contributed by atoms with van der Waals surface area (Å²) in [7, 11) is 0. The Hall–Kier alpha value is -2.43. The van der Waals surface area contributed by atoms with Gasteiger partial charge in [0.05, 0.1) is 0 Å². The maximum Gasteiger partial charge on any atom is 0.245 e. The maximum atomic E-state index is 12.8. The van der Waals surface area contributed by atoms with Crippen molar-refractivity contribution in [2.24, 2.45) is 0 Å². The molecular formula is C19H24N4O. The molecule has 1 amide bonds. The fourth-order valence-corrected chi connectivity index (χ4v) is 3.10. The monoisotopic (exact) mass is 324 g/mol. The van der Waals surface area contributed by atoms with Crippen molar-refractivity contribution in [3.8, 4) is 0 Å². The summed E-state index contributed by atoms with van der Waals surface area (Å²) in [5.41, 5.74) is 2.16. The van der Waals surface area contributed by atoms with Gasteiger partial charge in [-0.15, -0.1) is 0 Å². The molecule has 126 valence electrons. The molecule has 1 aromatic heterocycles. The molecule has 1 fully saturated rings. The van der Waals surface area contributed by atoms with Crippen molar-refractivity contribution in [3.05, 3.63) is 53.5 Å². The summed E-state index contributed by atoms with van der Waals surface area (Å²) >= 11 is 0. The largest absolute Gasteiger partial charge is 0.358 e. The minimum atomic E-state index is -0.207. The van der Waals surface area contributed by atoms with Gasteiger partial charge in [-0.2, -0.15) is 0 Å². The second-order valence-electron chi connectivity index (χ2n) is 6.23. The van der Waals surface area contributed by atoms with Crippen molar-refractivity contribution in [1.29, 1.82) is 0 Å². The van der Waals surface area contributed by atoms with Gasteiger partial charge in [-0.3, -0.25) is 4.79 Å². The van der Waals surface area contributed by atoms with E-state index in [-0.39, 0.29) is 11.9 Å². The number of likely N-dealkylation sites (tertiary alicyclic amines) is 1. The molecule has 1 saturated heterocycles. The molecule has 2 aromatic rings. The molecule has 2 heterocycles. The summed E-state index contributed by atoms with van der Waals surface area (Å²) in [4.78, 5) is 23.5. The van der Waals surface area contributed by atoms with Gasteiger partial charge in [-0.1, -0.05) is 37.3 Å². The van der Waals surface area contributed by atoms with Crippen LogP contribution >= 0.6 is 0 Å². The van der Waals surface area contributed by atoms with E-state index in [1.54, 1.807) is 0 Å². The van der Waals surface area contributed by atoms with E-state index < -0.39 is 0 Å². The first-order valence-corrected chi connectivity index (χ1v) is 8.59. The Kier molecular flexibility index (Phi) is 5.08. The third-order valence-corrected chi connectivity index (χ3v) is 4.32. The van der Waals surface area contributed by atoms with Crippen LogP contribution in [0.15, 0.2) is 36.4 Å². The quantitative estimate of drug-likeness (QED) is 0.919. The SMILES string of the molecule is CCc1cc(NC2CCCN(Cc3ccccc3)C2=O)nc(C)n1. The summed E-state index contributed by atoms with van der Waals surface area (Å²) in [6, 6.07) is 11.9. The van der Waals surface area contributed by atoms with Crippen LogP contribution in [0.3, 0.4) is 0 Å². The number of hydrogen-bond acceptors (Lipinski definition) is 4. The first-order chi connectivity index (χ1) is 11.7. The van der Waals surface area contributed by atoms with E-state index in [0.717, 1.165) is 48.7 Å². The van der Waals surface area contributed by atoms with Gasteiger partial charge >= 0.3 is 0 Å². The highest BCUT2D eigenvalue weighted by atomic mass is 16.2. The van der Waals surface area contributed by atoms with Crippen LogP contribution < -0.4 is 5.32 Å². The van der Waals surface area contributed by atoms with Crippen LogP contribution in [0.5, 0.6) is 0 Å². The number of nitrogens with one attached hydrogen (secondary N) is 1. The molecule has 24 heavy (non-hydrogen) atoms. The fraction of sp³-hybridized carbons (Fsp3) is 0.421. The number of carbonyl (C=O) groups is 1. The molecular weight excluding hydrogens is 300 g/mol. The predicted molar refractivity (Wildman–Crippen MR) is 94.7 cm³/mol. The maximum absolute atomic E-state index is 12.8. The number of rotatable bonds is 5. The third-order valence-electron chi connectivity index (χ3n) is 4.32. The van der Waals surface area contributed by atoms with Crippen molar-refractivity contribution in [3.63, 3.8) is 0 Å². The molecule has 1 aliphatic heterocycles. The molecule has 0 saturated carbocycles. The molecule has 5 heteroatoms. The Morgan fingerprint density at radius 2 is 2.04 bits per heavy atom. The van der Waals surface area contributed by atoms with E-state index in [9.17, 15) is 4.79 Å². The molecule has 1 atom stereocenters. The van der Waals surface area contributed by atoms with Crippen LogP contribution in [-0.4, -0.2) is 33.4 Å². The van der Waals surface area contributed by atoms with E-state index >= 15 is 0 Å². The fourth-order valence-electron chi connectivity index (χ4n) is 3.10. The zero-order chi connectivity index (χ0) is 16.9. The second kappa shape index (κ2) is 7.43. The zero-order valence-electron chi connectivity index (χ0n) is 14.3. The topological polar surface area (TPSA) is 58.1 Å². The number of aromatic nitrogens is 2. The lowest BCUT2D eigenvalue weighted by Crippen LogP contribution is -2.47. The predicted octanol–water partition coefficient (Wildman–Crippen LogP) is 2.95. The smallest absolute Gasteiger partial charge is 0.245 e. The lowest BCUT2D eigenvalue weighted by molar-refractivity contribution is -0.134. The van der Waals surface area contributed by atoms with E-state index in [4.69, 9.17) is 0 Å². The van der Waals surface area contributed by atoms with Crippen LogP contribution in [0, 0.1) is 6.92 Å². The Bertz CT molecular complexity index is 702.